The Morgan fingerprint density at radius 1 is 0.800 bits per heavy atom. The molecule has 0 fully saturated rings. The van der Waals surface area contributed by atoms with Gasteiger partial charge in [-0.25, -0.2) is 0 Å². The fourth-order valence-electron chi connectivity index (χ4n) is 0.299. The van der Waals surface area contributed by atoms with Gasteiger partial charge in [-0.15, -0.1) is 0 Å². The molecule has 0 unspecified atom stereocenters. The summed E-state index contributed by atoms with van der Waals surface area (Å²) in [5.74, 6) is -8.39. The molecule has 0 bridgehead atoms. The summed E-state index contributed by atoms with van der Waals surface area (Å²) in [5.41, 5.74) is 8.76. The zero-order chi connectivity index (χ0) is 8.41. The highest BCUT2D eigenvalue weighted by atomic mass is 19.3. The van der Waals surface area contributed by atoms with E-state index < -0.39 is 24.9 Å². The molecule has 10 heavy (non-hydrogen) atoms. The minimum atomic E-state index is -4.19. The number of alkyl halides is 4. The van der Waals surface area contributed by atoms with E-state index in [1.54, 1.807) is 0 Å². The minimum absolute atomic E-state index is 1.39. The molecule has 0 heterocycles. The van der Waals surface area contributed by atoms with Crippen molar-refractivity contribution in [3.05, 3.63) is 0 Å². The van der Waals surface area contributed by atoms with Crippen molar-refractivity contribution in [1.82, 2.24) is 0 Å². The molecular weight excluding hydrogens is 152 g/mol. The molecule has 62 valence electrons. The molecule has 0 saturated carbocycles. The molecule has 0 aromatic carbocycles. The van der Waals surface area contributed by atoms with Crippen LogP contribution in [-0.2, 0) is 0 Å². The first-order valence-corrected chi connectivity index (χ1v) is 2.53. The molecule has 4 N–H and O–H groups in total. The zero-order valence-corrected chi connectivity index (χ0v) is 5.08. The average Bonchev–Trinajstić information content (AvgIpc) is 1.88. The molecular formula is C4H8F4N2. The van der Waals surface area contributed by atoms with Crippen molar-refractivity contribution >= 4 is 0 Å². The molecule has 0 rings (SSSR count). The van der Waals surface area contributed by atoms with Crippen LogP contribution in [0, 0.1) is 0 Å². The van der Waals surface area contributed by atoms with Crippen molar-refractivity contribution < 1.29 is 17.6 Å². The Morgan fingerprint density at radius 2 is 1.00 bits per heavy atom. The summed E-state index contributed by atoms with van der Waals surface area (Å²) in [7, 11) is 0. The molecule has 0 atom stereocenters. The molecule has 0 aliphatic rings. The molecule has 0 aliphatic heterocycles. The number of rotatable bonds is 3. The third-order valence-corrected chi connectivity index (χ3v) is 1.05. The highest BCUT2D eigenvalue weighted by Gasteiger charge is 2.53. The van der Waals surface area contributed by atoms with Crippen LogP contribution in [0.1, 0.15) is 0 Å². The predicted octanol–water partition coefficient (Wildman–Crippen LogP) is 0.174. The Kier molecular flexibility index (Phi) is 2.61. The van der Waals surface area contributed by atoms with Crippen molar-refractivity contribution in [2.75, 3.05) is 13.1 Å². The SMILES string of the molecule is NCC(F)(F)C(F)(F)CN. The summed E-state index contributed by atoms with van der Waals surface area (Å²) in [6.07, 6.45) is 0. The summed E-state index contributed by atoms with van der Waals surface area (Å²) in [6.45, 7) is -2.78. The van der Waals surface area contributed by atoms with Crippen molar-refractivity contribution in [3.8, 4) is 0 Å². The van der Waals surface area contributed by atoms with Crippen LogP contribution in [0.3, 0.4) is 0 Å². The van der Waals surface area contributed by atoms with E-state index in [0.29, 0.717) is 0 Å². The van der Waals surface area contributed by atoms with Gasteiger partial charge in [-0.2, -0.15) is 17.6 Å². The van der Waals surface area contributed by atoms with Crippen molar-refractivity contribution in [3.63, 3.8) is 0 Å². The van der Waals surface area contributed by atoms with E-state index in [4.69, 9.17) is 0 Å². The molecule has 0 aliphatic carbocycles. The molecule has 0 aromatic rings. The summed E-state index contributed by atoms with van der Waals surface area (Å²) >= 11 is 0. The van der Waals surface area contributed by atoms with Crippen molar-refractivity contribution in [2.24, 2.45) is 11.5 Å². The van der Waals surface area contributed by atoms with Gasteiger partial charge < -0.3 is 11.5 Å². The van der Waals surface area contributed by atoms with E-state index in [9.17, 15) is 17.6 Å². The Hall–Kier alpha value is -0.360. The Morgan fingerprint density at radius 3 is 1.10 bits per heavy atom. The fourth-order valence-corrected chi connectivity index (χ4v) is 0.299. The van der Waals surface area contributed by atoms with Crippen LogP contribution in [0.4, 0.5) is 17.6 Å². The molecule has 0 radical (unpaired) electrons. The predicted molar refractivity (Wildman–Crippen MR) is 28.0 cm³/mol. The van der Waals surface area contributed by atoms with E-state index in [1.165, 1.54) is 0 Å². The Balaban J connectivity index is 4.28. The van der Waals surface area contributed by atoms with Gasteiger partial charge in [0.25, 0.3) is 0 Å². The van der Waals surface area contributed by atoms with Crippen molar-refractivity contribution in [1.29, 1.82) is 0 Å². The van der Waals surface area contributed by atoms with E-state index in [2.05, 4.69) is 11.5 Å². The summed E-state index contributed by atoms with van der Waals surface area (Å²) in [6, 6.07) is 0. The smallest absolute Gasteiger partial charge is 0.323 e. The fraction of sp³-hybridized carbons (Fsp3) is 1.00. The highest BCUT2D eigenvalue weighted by molar-refractivity contribution is 4.85. The van der Waals surface area contributed by atoms with Gasteiger partial charge >= 0.3 is 11.8 Å². The lowest BCUT2D eigenvalue weighted by Crippen LogP contribution is -2.50. The highest BCUT2D eigenvalue weighted by Crippen LogP contribution is 2.31. The Bertz CT molecular complexity index is 99.8. The van der Waals surface area contributed by atoms with Crippen LogP contribution in [0.5, 0.6) is 0 Å². The van der Waals surface area contributed by atoms with E-state index in [-0.39, 0.29) is 0 Å². The van der Waals surface area contributed by atoms with Crippen LogP contribution in [0.2, 0.25) is 0 Å². The molecule has 0 spiro atoms. The number of hydrogen-bond donors (Lipinski definition) is 2. The lowest BCUT2D eigenvalue weighted by molar-refractivity contribution is -0.195. The maximum atomic E-state index is 12.0. The second-order valence-electron chi connectivity index (χ2n) is 1.82. The lowest BCUT2D eigenvalue weighted by Gasteiger charge is -2.23. The maximum Gasteiger partial charge on any atom is 0.323 e. The van der Waals surface area contributed by atoms with E-state index in [1.807, 2.05) is 0 Å². The van der Waals surface area contributed by atoms with E-state index in [0.717, 1.165) is 0 Å². The molecule has 0 aromatic heterocycles. The minimum Gasteiger partial charge on any atom is -0.325 e. The molecule has 0 saturated heterocycles. The normalized spacial score (nSPS) is 13.8. The number of halogens is 4. The third-order valence-electron chi connectivity index (χ3n) is 1.05. The van der Waals surface area contributed by atoms with Crippen LogP contribution >= 0.6 is 0 Å². The van der Waals surface area contributed by atoms with Gasteiger partial charge in [0.15, 0.2) is 0 Å². The van der Waals surface area contributed by atoms with Gasteiger partial charge in [-0.1, -0.05) is 0 Å². The second-order valence-corrected chi connectivity index (χ2v) is 1.82. The Labute approximate surface area is 55.2 Å². The third kappa shape index (κ3) is 1.57. The first-order chi connectivity index (χ1) is 4.37. The molecule has 2 nitrogen and oxygen atoms in total. The monoisotopic (exact) mass is 160 g/mol. The molecule has 0 amide bonds. The maximum absolute atomic E-state index is 12.0. The summed E-state index contributed by atoms with van der Waals surface area (Å²) < 4.78 is 47.9. The first kappa shape index (κ1) is 9.64. The van der Waals surface area contributed by atoms with Crippen LogP contribution in [-0.4, -0.2) is 24.9 Å². The van der Waals surface area contributed by atoms with Gasteiger partial charge in [0, 0.05) is 0 Å². The topological polar surface area (TPSA) is 52.0 Å². The van der Waals surface area contributed by atoms with Crippen LogP contribution in [0.25, 0.3) is 0 Å². The number of nitrogens with two attached hydrogens (primary N) is 2. The van der Waals surface area contributed by atoms with E-state index >= 15 is 0 Å². The zero-order valence-electron chi connectivity index (χ0n) is 5.08. The van der Waals surface area contributed by atoms with Crippen LogP contribution in [0.15, 0.2) is 0 Å². The molecule has 6 heteroatoms. The lowest BCUT2D eigenvalue weighted by atomic mass is 10.2. The van der Waals surface area contributed by atoms with Gasteiger partial charge in [0.05, 0.1) is 13.1 Å². The quantitative estimate of drug-likeness (QED) is 0.578. The average molecular weight is 160 g/mol. The standard InChI is InChI=1S/C4H8F4N2/c5-3(6,1-9)4(7,8)2-10/h1-2,9-10H2. The summed E-state index contributed by atoms with van der Waals surface area (Å²) in [5, 5.41) is 0. The van der Waals surface area contributed by atoms with Crippen LogP contribution < -0.4 is 11.5 Å². The summed E-state index contributed by atoms with van der Waals surface area (Å²) in [4.78, 5) is 0. The van der Waals surface area contributed by atoms with Crippen molar-refractivity contribution in [2.45, 2.75) is 11.8 Å². The first-order valence-electron chi connectivity index (χ1n) is 2.53. The largest absolute Gasteiger partial charge is 0.325 e. The van der Waals surface area contributed by atoms with Gasteiger partial charge in [-0.3, -0.25) is 0 Å². The van der Waals surface area contributed by atoms with Gasteiger partial charge in [-0.05, 0) is 0 Å². The number of hydrogen-bond acceptors (Lipinski definition) is 2. The van der Waals surface area contributed by atoms with Gasteiger partial charge in [0.1, 0.15) is 0 Å². The second kappa shape index (κ2) is 2.71. The van der Waals surface area contributed by atoms with Gasteiger partial charge in [0.2, 0.25) is 0 Å².